The average molecular weight is 322 g/mol. The summed E-state index contributed by atoms with van der Waals surface area (Å²) in [5.74, 6) is 3.28. The third-order valence-electron chi connectivity index (χ3n) is 4.46. The normalized spacial score (nSPS) is 23.1. The molecule has 5 nitrogen and oxygen atoms in total. The molecule has 2 aliphatic rings. The van der Waals surface area contributed by atoms with Crippen LogP contribution in [0.3, 0.4) is 0 Å². The molecule has 0 aliphatic carbocycles. The second kappa shape index (κ2) is 8.13. The van der Waals surface area contributed by atoms with E-state index in [9.17, 15) is 0 Å². The number of nitrogens with one attached hydrogen (secondary N) is 1. The van der Waals surface area contributed by atoms with Crippen LogP contribution in [-0.2, 0) is 11.3 Å². The van der Waals surface area contributed by atoms with Gasteiger partial charge >= 0.3 is 0 Å². The number of aromatic nitrogens is 2. The monoisotopic (exact) mass is 322 g/mol. The fraction of sp³-hybridized carbons (Fsp3) is 0.750. The lowest BCUT2D eigenvalue weighted by Gasteiger charge is -2.30. The van der Waals surface area contributed by atoms with Crippen LogP contribution in [0.5, 0.6) is 0 Å². The Morgan fingerprint density at radius 1 is 1.27 bits per heavy atom. The standard InChI is InChI=1S/C16H26N4OS/c1-20(14-4-7-22-8-5-14)12-13-9-17-16(18-10-13)19-11-15-3-2-6-21-15/h9-10,14-15H,2-8,11-12H2,1H3,(H,17,18,19)/t15-/m0/s1. The lowest BCUT2D eigenvalue weighted by Crippen LogP contribution is -2.34. The molecule has 2 aliphatic heterocycles. The first-order chi connectivity index (χ1) is 10.8. The van der Waals surface area contributed by atoms with Crippen LogP contribution in [0.2, 0.25) is 0 Å². The zero-order valence-corrected chi connectivity index (χ0v) is 14.1. The topological polar surface area (TPSA) is 50.3 Å². The average Bonchev–Trinajstić information content (AvgIpc) is 3.08. The number of thioether (sulfide) groups is 1. The summed E-state index contributed by atoms with van der Waals surface area (Å²) < 4.78 is 5.59. The molecule has 122 valence electrons. The third-order valence-corrected chi connectivity index (χ3v) is 5.51. The molecule has 1 aromatic rings. The Bertz CT molecular complexity index is 444. The van der Waals surface area contributed by atoms with Crippen LogP contribution >= 0.6 is 11.8 Å². The molecule has 0 saturated carbocycles. The van der Waals surface area contributed by atoms with Gasteiger partial charge in [-0.15, -0.1) is 0 Å². The first kappa shape index (κ1) is 16.0. The van der Waals surface area contributed by atoms with Crippen molar-refractivity contribution in [1.29, 1.82) is 0 Å². The molecule has 0 aromatic carbocycles. The van der Waals surface area contributed by atoms with Gasteiger partial charge in [-0.1, -0.05) is 0 Å². The molecule has 0 bridgehead atoms. The van der Waals surface area contributed by atoms with Gasteiger partial charge in [0.25, 0.3) is 0 Å². The molecule has 1 aromatic heterocycles. The lowest BCUT2D eigenvalue weighted by molar-refractivity contribution is 0.120. The van der Waals surface area contributed by atoms with Crippen molar-refractivity contribution in [3.05, 3.63) is 18.0 Å². The molecule has 2 saturated heterocycles. The summed E-state index contributed by atoms with van der Waals surface area (Å²) in [6.07, 6.45) is 9.09. The molecule has 1 atom stereocenters. The van der Waals surface area contributed by atoms with Crippen LogP contribution in [0, 0.1) is 0 Å². The molecule has 22 heavy (non-hydrogen) atoms. The van der Waals surface area contributed by atoms with Crippen molar-refractivity contribution in [3.8, 4) is 0 Å². The highest BCUT2D eigenvalue weighted by Crippen LogP contribution is 2.22. The Morgan fingerprint density at radius 2 is 2.05 bits per heavy atom. The minimum Gasteiger partial charge on any atom is -0.376 e. The fourth-order valence-electron chi connectivity index (χ4n) is 3.08. The van der Waals surface area contributed by atoms with E-state index in [1.807, 2.05) is 12.4 Å². The number of ether oxygens (including phenoxy) is 1. The number of hydrogen-bond acceptors (Lipinski definition) is 6. The number of nitrogens with zero attached hydrogens (tertiary/aromatic N) is 3. The van der Waals surface area contributed by atoms with Crippen LogP contribution < -0.4 is 5.32 Å². The quantitative estimate of drug-likeness (QED) is 0.868. The highest BCUT2D eigenvalue weighted by atomic mass is 32.2. The van der Waals surface area contributed by atoms with Gasteiger partial charge in [-0.25, -0.2) is 9.97 Å². The van der Waals surface area contributed by atoms with Crippen molar-refractivity contribution >= 4 is 17.7 Å². The van der Waals surface area contributed by atoms with Crippen LogP contribution in [-0.4, -0.2) is 58.7 Å². The first-order valence-corrected chi connectivity index (χ1v) is 9.41. The molecule has 0 amide bonds. The van der Waals surface area contributed by atoms with Crippen molar-refractivity contribution in [2.75, 3.05) is 37.0 Å². The summed E-state index contributed by atoms with van der Waals surface area (Å²) in [5, 5.41) is 3.27. The minimum atomic E-state index is 0.318. The summed E-state index contributed by atoms with van der Waals surface area (Å²) in [7, 11) is 2.21. The summed E-state index contributed by atoms with van der Waals surface area (Å²) in [4.78, 5) is 11.3. The van der Waals surface area contributed by atoms with Gasteiger partial charge in [-0.3, -0.25) is 4.90 Å². The largest absolute Gasteiger partial charge is 0.376 e. The second-order valence-corrected chi connectivity index (χ2v) is 7.41. The molecule has 6 heteroatoms. The number of rotatable bonds is 6. The van der Waals surface area contributed by atoms with Gasteiger partial charge in [0.15, 0.2) is 0 Å². The van der Waals surface area contributed by atoms with Crippen molar-refractivity contribution in [3.63, 3.8) is 0 Å². The molecule has 1 N–H and O–H groups in total. The van der Waals surface area contributed by atoms with Gasteiger partial charge in [0, 0.05) is 43.7 Å². The Balaban J connectivity index is 1.45. The predicted molar refractivity (Wildman–Crippen MR) is 91.3 cm³/mol. The molecule has 0 radical (unpaired) electrons. The summed E-state index contributed by atoms with van der Waals surface area (Å²) in [6, 6.07) is 0.707. The van der Waals surface area contributed by atoms with Gasteiger partial charge in [0.1, 0.15) is 0 Å². The maximum Gasteiger partial charge on any atom is 0.222 e. The van der Waals surface area contributed by atoms with Gasteiger partial charge in [0.05, 0.1) is 6.10 Å². The maximum atomic E-state index is 5.59. The summed E-state index contributed by atoms with van der Waals surface area (Å²) in [6.45, 7) is 2.62. The Hall–Kier alpha value is -0.850. The van der Waals surface area contributed by atoms with Crippen LogP contribution in [0.4, 0.5) is 5.95 Å². The van der Waals surface area contributed by atoms with Crippen LogP contribution in [0.15, 0.2) is 12.4 Å². The smallest absolute Gasteiger partial charge is 0.222 e. The van der Waals surface area contributed by atoms with E-state index in [4.69, 9.17) is 4.74 Å². The van der Waals surface area contributed by atoms with Crippen LogP contribution in [0.1, 0.15) is 31.2 Å². The summed E-state index contributed by atoms with van der Waals surface area (Å²) in [5.41, 5.74) is 1.18. The molecule has 0 unspecified atom stereocenters. The van der Waals surface area contributed by atoms with Crippen molar-refractivity contribution < 1.29 is 4.74 Å². The molecule has 2 fully saturated rings. The van der Waals surface area contributed by atoms with E-state index in [1.165, 1.54) is 29.9 Å². The van der Waals surface area contributed by atoms with E-state index in [1.54, 1.807) is 0 Å². The minimum absolute atomic E-state index is 0.318. The van der Waals surface area contributed by atoms with E-state index in [0.717, 1.165) is 32.5 Å². The van der Waals surface area contributed by atoms with Crippen molar-refractivity contribution in [2.24, 2.45) is 0 Å². The van der Waals surface area contributed by atoms with Gasteiger partial charge < -0.3 is 10.1 Å². The summed E-state index contributed by atoms with van der Waals surface area (Å²) >= 11 is 2.07. The van der Waals surface area contributed by atoms with E-state index in [-0.39, 0.29) is 0 Å². The SMILES string of the molecule is CN(Cc1cnc(NC[C@@H]2CCCO2)nc1)C1CCSCC1. The van der Waals surface area contributed by atoms with Gasteiger partial charge in [-0.2, -0.15) is 11.8 Å². The highest BCUT2D eigenvalue weighted by molar-refractivity contribution is 7.99. The lowest BCUT2D eigenvalue weighted by atomic mass is 10.1. The zero-order chi connectivity index (χ0) is 15.2. The predicted octanol–water partition coefficient (Wildman–Crippen LogP) is 2.39. The van der Waals surface area contributed by atoms with E-state index in [0.29, 0.717) is 18.1 Å². The van der Waals surface area contributed by atoms with Crippen LogP contribution in [0.25, 0.3) is 0 Å². The van der Waals surface area contributed by atoms with Crippen molar-refractivity contribution in [1.82, 2.24) is 14.9 Å². The van der Waals surface area contributed by atoms with E-state index in [2.05, 4.69) is 39.0 Å². The fourth-order valence-corrected chi connectivity index (χ4v) is 4.16. The molecule has 0 spiro atoms. The number of anilines is 1. The molecule has 3 rings (SSSR count). The Kier molecular flexibility index (Phi) is 5.92. The van der Waals surface area contributed by atoms with E-state index < -0.39 is 0 Å². The molecular weight excluding hydrogens is 296 g/mol. The zero-order valence-electron chi connectivity index (χ0n) is 13.3. The maximum absolute atomic E-state index is 5.59. The Morgan fingerprint density at radius 3 is 2.73 bits per heavy atom. The first-order valence-electron chi connectivity index (χ1n) is 8.25. The van der Waals surface area contributed by atoms with E-state index >= 15 is 0 Å². The highest BCUT2D eigenvalue weighted by Gasteiger charge is 2.18. The number of hydrogen-bond donors (Lipinski definition) is 1. The molecule has 3 heterocycles. The molecular formula is C16H26N4OS. The third kappa shape index (κ3) is 4.57. The van der Waals surface area contributed by atoms with Crippen molar-refractivity contribution in [2.45, 2.75) is 44.4 Å². The second-order valence-electron chi connectivity index (χ2n) is 6.19. The van der Waals surface area contributed by atoms with Gasteiger partial charge in [-0.05, 0) is 44.2 Å². The Labute approximate surface area is 137 Å². The van der Waals surface area contributed by atoms with Gasteiger partial charge in [0.2, 0.25) is 5.95 Å².